The van der Waals surface area contributed by atoms with Gasteiger partial charge in [-0.1, -0.05) is 24.3 Å². The van der Waals surface area contributed by atoms with E-state index in [0.717, 1.165) is 46.6 Å². The van der Waals surface area contributed by atoms with Crippen LogP contribution in [0.4, 0.5) is 0 Å². The molecule has 1 fully saturated rings. The molecule has 3 aromatic rings. The maximum Gasteiger partial charge on any atom is 0.240 e. The molecule has 0 bridgehead atoms. The maximum atomic E-state index is 12.3. The molecule has 0 spiro atoms. The number of hydrogen-bond acceptors (Lipinski definition) is 3. The molecule has 26 heavy (non-hydrogen) atoms. The van der Waals surface area contributed by atoms with Crippen LogP contribution < -0.4 is 10.1 Å². The predicted octanol–water partition coefficient (Wildman–Crippen LogP) is 3.51. The van der Waals surface area contributed by atoms with Gasteiger partial charge >= 0.3 is 0 Å². The van der Waals surface area contributed by atoms with Crippen molar-refractivity contribution >= 4 is 16.9 Å². The summed E-state index contributed by atoms with van der Waals surface area (Å²) in [5, 5.41) is 3.05. The van der Waals surface area contributed by atoms with Gasteiger partial charge in [-0.25, -0.2) is 4.98 Å². The molecule has 1 N–H and O–H groups in total. The lowest BCUT2D eigenvalue weighted by atomic mass is 10.1. The number of ether oxygens (including phenoxy) is 1. The fraction of sp³-hybridized carbons (Fsp3) is 0.333. The zero-order valence-corrected chi connectivity index (χ0v) is 15.2. The first-order valence-electron chi connectivity index (χ1n) is 9.04. The summed E-state index contributed by atoms with van der Waals surface area (Å²) in [6.45, 7) is 4.67. The summed E-state index contributed by atoms with van der Waals surface area (Å²) in [4.78, 5) is 17.0. The molecule has 2 aromatic carbocycles. The Morgan fingerprint density at radius 2 is 2.04 bits per heavy atom. The van der Waals surface area contributed by atoms with Crippen molar-refractivity contribution in [2.24, 2.45) is 0 Å². The van der Waals surface area contributed by atoms with E-state index in [0.29, 0.717) is 12.6 Å². The molecule has 0 atom stereocenters. The van der Waals surface area contributed by atoms with Gasteiger partial charge in [0.15, 0.2) is 0 Å². The van der Waals surface area contributed by atoms with E-state index in [4.69, 9.17) is 4.74 Å². The van der Waals surface area contributed by atoms with E-state index in [1.54, 1.807) is 0 Å². The average molecular weight is 349 g/mol. The molecule has 1 saturated carbocycles. The largest absolute Gasteiger partial charge is 0.485 e. The van der Waals surface area contributed by atoms with Crippen molar-refractivity contribution < 1.29 is 9.53 Å². The Morgan fingerprint density at radius 1 is 1.23 bits per heavy atom. The highest BCUT2D eigenvalue weighted by atomic mass is 16.5. The molecular weight excluding hydrogens is 326 g/mol. The number of para-hydroxylation sites is 2. The molecule has 0 unspecified atom stereocenters. The predicted molar refractivity (Wildman–Crippen MR) is 101 cm³/mol. The van der Waals surface area contributed by atoms with Crippen LogP contribution in [0.1, 0.15) is 29.8 Å². The van der Waals surface area contributed by atoms with Gasteiger partial charge in [-0.05, 0) is 56.0 Å². The van der Waals surface area contributed by atoms with Gasteiger partial charge in [0.05, 0.1) is 11.0 Å². The molecule has 1 aliphatic carbocycles. The van der Waals surface area contributed by atoms with Gasteiger partial charge in [-0.2, -0.15) is 0 Å². The lowest BCUT2D eigenvalue weighted by molar-refractivity contribution is -0.121. The van der Waals surface area contributed by atoms with Crippen molar-refractivity contribution in [1.82, 2.24) is 14.9 Å². The number of fused-ring (bicyclic) bond motifs is 1. The van der Waals surface area contributed by atoms with Crippen molar-refractivity contribution in [3.8, 4) is 5.75 Å². The second kappa shape index (κ2) is 6.83. The fourth-order valence-corrected chi connectivity index (χ4v) is 3.06. The van der Waals surface area contributed by atoms with Crippen LogP contribution in [-0.4, -0.2) is 21.5 Å². The molecule has 1 heterocycles. The van der Waals surface area contributed by atoms with Gasteiger partial charge in [0.2, 0.25) is 5.91 Å². The lowest BCUT2D eigenvalue weighted by Gasteiger charge is -2.12. The number of nitrogens with one attached hydrogen (secondary N) is 1. The Bertz CT molecular complexity index is 957. The van der Waals surface area contributed by atoms with Gasteiger partial charge < -0.3 is 14.6 Å². The van der Waals surface area contributed by atoms with E-state index >= 15 is 0 Å². The molecule has 0 saturated heterocycles. The zero-order chi connectivity index (χ0) is 18.1. The van der Waals surface area contributed by atoms with Crippen molar-refractivity contribution in [2.45, 2.75) is 45.9 Å². The van der Waals surface area contributed by atoms with Gasteiger partial charge in [-0.3, -0.25) is 4.79 Å². The number of aryl methyl sites for hydroxylation is 2. The van der Waals surface area contributed by atoms with Gasteiger partial charge in [0, 0.05) is 6.04 Å². The van der Waals surface area contributed by atoms with Crippen LogP contribution >= 0.6 is 0 Å². The minimum Gasteiger partial charge on any atom is -0.485 e. The number of imidazole rings is 1. The number of aromatic nitrogens is 2. The Labute approximate surface area is 153 Å². The summed E-state index contributed by atoms with van der Waals surface area (Å²) in [7, 11) is 0. The van der Waals surface area contributed by atoms with E-state index in [-0.39, 0.29) is 12.5 Å². The van der Waals surface area contributed by atoms with Crippen molar-refractivity contribution in [2.75, 3.05) is 0 Å². The smallest absolute Gasteiger partial charge is 0.240 e. The number of hydrogen-bond donors (Lipinski definition) is 1. The molecule has 0 radical (unpaired) electrons. The number of benzene rings is 2. The molecule has 1 aromatic heterocycles. The molecule has 1 aliphatic rings. The van der Waals surface area contributed by atoms with Crippen LogP contribution in [0.25, 0.3) is 11.0 Å². The summed E-state index contributed by atoms with van der Waals surface area (Å²) in [6, 6.07) is 14.4. The topological polar surface area (TPSA) is 56.2 Å². The van der Waals surface area contributed by atoms with Crippen LogP contribution in [-0.2, 0) is 17.9 Å². The summed E-state index contributed by atoms with van der Waals surface area (Å²) < 4.78 is 7.99. The quantitative estimate of drug-likeness (QED) is 0.741. The SMILES string of the molecule is Cc1ccc(C)c(OCc2nc3ccccc3n2CC(=O)NC2CC2)c1. The highest BCUT2D eigenvalue weighted by molar-refractivity contribution is 5.81. The number of amides is 1. The van der Waals surface area contributed by atoms with E-state index in [1.807, 2.05) is 48.7 Å². The highest BCUT2D eigenvalue weighted by Crippen LogP contribution is 2.23. The van der Waals surface area contributed by atoms with E-state index in [9.17, 15) is 4.79 Å². The standard InChI is InChI=1S/C21H23N3O2/c1-14-7-8-15(2)19(11-14)26-13-20-23-17-5-3-4-6-18(17)24(20)12-21(25)22-16-9-10-16/h3-8,11,16H,9-10,12-13H2,1-2H3,(H,22,25). The molecule has 134 valence electrons. The van der Waals surface area contributed by atoms with E-state index < -0.39 is 0 Å². The Balaban J connectivity index is 1.59. The summed E-state index contributed by atoms with van der Waals surface area (Å²) >= 11 is 0. The third-order valence-corrected chi connectivity index (χ3v) is 4.68. The minimum atomic E-state index is 0.0311. The third-order valence-electron chi connectivity index (χ3n) is 4.68. The van der Waals surface area contributed by atoms with Gasteiger partial charge in [0.1, 0.15) is 24.7 Å². The highest BCUT2D eigenvalue weighted by Gasteiger charge is 2.24. The third kappa shape index (κ3) is 3.57. The number of carbonyl (C=O) groups is 1. The molecule has 0 aliphatic heterocycles. The Kier molecular flexibility index (Phi) is 4.37. The molecular formula is C21H23N3O2. The number of carbonyl (C=O) groups excluding carboxylic acids is 1. The number of nitrogens with zero attached hydrogens (tertiary/aromatic N) is 2. The van der Waals surface area contributed by atoms with Gasteiger partial charge in [0.25, 0.3) is 0 Å². The average Bonchev–Trinajstić information content (AvgIpc) is 3.37. The monoisotopic (exact) mass is 349 g/mol. The first kappa shape index (κ1) is 16.6. The van der Waals surface area contributed by atoms with Crippen LogP contribution in [0, 0.1) is 13.8 Å². The first-order valence-corrected chi connectivity index (χ1v) is 9.04. The van der Waals surface area contributed by atoms with E-state index in [1.165, 1.54) is 0 Å². The van der Waals surface area contributed by atoms with E-state index in [2.05, 4.69) is 22.4 Å². The summed E-state index contributed by atoms with van der Waals surface area (Å²) in [6.07, 6.45) is 2.16. The van der Waals surface area contributed by atoms with Gasteiger partial charge in [-0.15, -0.1) is 0 Å². The zero-order valence-electron chi connectivity index (χ0n) is 15.2. The number of rotatable bonds is 6. The summed E-state index contributed by atoms with van der Waals surface area (Å²) in [5.74, 6) is 1.65. The fourth-order valence-electron chi connectivity index (χ4n) is 3.06. The van der Waals surface area contributed by atoms with Crippen LogP contribution in [0.2, 0.25) is 0 Å². The second-order valence-electron chi connectivity index (χ2n) is 7.00. The molecule has 4 rings (SSSR count). The van der Waals surface area contributed by atoms with Crippen LogP contribution in [0.5, 0.6) is 5.75 Å². The molecule has 1 amide bonds. The Hall–Kier alpha value is -2.82. The lowest BCUT2D eigenvalue weighted by Crippen LogP contribution is -2.30. The maximum absolute atomic E-state index is 12.3. The normalized spacial score (nSPS) is 13.8. The Morgan fingerprint density at radius 3 is 2.85 bits per heavy atom. The first-order chi connectivity index (χ1) is 12.6. The van der Waals surface area contributed by atoms with Crippen molar-refractivity contribution in [1.29, 1.82) is 0 Å². The van der Waals surface area contributed by atoms with Crippen molar-refractivity contribution in [3.05, 3.63) is 59.4 Å². The molecule has 5 nitrogen and oxygen atoms in total. The van der Waals surface area contributed by atoms with Crippen LogP contribution in [0.15, 0.2) is 42.5 Å². The summed E-state index contributed by atoms with van der Waals surface area (Å²) in [5.41, 5.74) is 4.08. The minimum absolute atomic E-state index is 0.0311. The molecule has 5 heteroatoms. The van der Waals surface area contributed by atoms with Crippen molar-refractivity contribution in [3.63, 3.8) is 0 Å². The second-order valence-corrected chi connectivity index (χ2v) is 7.00. The van der Waals surface area contributed by atoms with Crippen LogP contribution in [0.3, 0.4) is 0 Å².